The maximum absolute atomic E-state index is 13.1. The first-order valence-electron chi connectivity index (χ1n) is 9.70. The number of piperazine rings is 1. The molecule has 14 heteroatoms. The summed E-state index contributed by atoms with van der Waals surface area (Å²) in [6.07, 6.45) is -9.93. The largest absolute Gasteiger partial charge is 0.416 e. The second-order valence-electron chi connectivity index (χ2n) is 7.35. The number of hydrogen-bond acceptors (Lipinski definition) is 5. The number of alkyl halides is 6. The summed E-state index contributed by atoms with van der Waals surface area (Å²) in [5, 5.41) is 3.79. The number of nitrogens with zero attached hydrogens (tertiary/aromatic N) is 3. The van der Waals surface area contributed by atoms with E-state index in [1.807, 2.05) is 0 Å². The fourth-order valence-corrected chi connectivity index (χ4v) is 4.94. The molecule has 7 nitrogen and oxygen atoms in total. The summed E-state index contributed by atoms with van der Waals surface area (Å²) in [5.41, 5.74) is -2.77. The molecule has 1 aliphatic heterocycles. The molecule has 1 aromatic carbocycles. The minimum atomic E-state index is -5.18. The molecule has 182 valence electrons. The average molecular weight is 499 g/mol. The van der Waals surface area contributed by atoms with Gasteiger partial charge in [-0.3, -0.25) is 4.79 Å². The quantitative estimate of drug-likeness (QED) is 0.599. The zero-order valence-electron chi connectivity index (χ0n) is 17.4. The van der Waals surface area contributed by atoms with Crippen molar-refractivity contribution >= 4 is 15.9 Å². The lowest BCUT2D eigenvalue weighted by Gasteiger charge is -2.34. The van der Waals surface area contributed by atoms with Gasteiger partial charge in [0, 0.05) is 26.2 Å². The third-order valence-corrected chi connectivity index (χ3v) is 7.08. The van der Waals surface area contributed by atoms with Crippen LogP contribution in [0.15, 0.2) is 27.6 Å². The van der Waals surface area contributed by atoms with Crippen molar-refractivity contribution in [2.75, 3.05) is 26.2 Å². The number of carbonyl (C=O) groups is 1. The molecule has 33 heavy (non-hydrogen) atoms. The monoisotopic (exact) mass is 499 g/mol. The third kappa shape index (κ3) is 5.00. The van der Waals surface area contributed by atoms with Crippen LogP contribution >= 0.6 is 0 Å². The minimum Gasteiger partial charge on any atom is -0.361 e. The van der Waals surface area contributed by atoms with Crippen molar-refractivity contribution in [3.63, 3.8) is 0 Å². The van der Waals surface area contributed by atoms with Gasteiger partial charge in [-0.2, -0.15) is 30.6 Å². The van der Waals surface area contributed by atoms with Crippen LogP contribution < -0.4 is 0 Å². The van der Waals surface area contributed by atoms with Gasteiger partial charge in [0.25, 0.3) is 5.91 Å². The van der Waals surface area contributed by atoms with E-state index in [4.69, 9.17) is 4.52 Å². The number of aryl methyl sites for hydroxylation is 2. The van der Waals surface area contributed by atoms with Crippen LogP contribution in [-0.2, 0) is 28.8 Å². The third-order valence-electron chi connectivity index (χ3n) is 5.21. The fraction of sp³-hybridized carbons (Fsp3) is 0.474. The summed E-state index contributed by atoms with van der Waals surface area (Å²) < 4.78 is 110. The van der Waals surface area contributed by atoms with Gasteiger partial charge in [0.2, 0.25) is 10.0 Å². The first kappa shape index (κ1) is 25.0. The van der Waals surface area contributed by atoms with Crippen molar-refractivity contribution in [3.05, 3.63) is 46.3 Å². The molecular formula is C19H19F6N3O4S. The normalized spacial score (nSPS) is 16.3. The van der Waals surface area contributed by atoms with E-state index in [9.17, 15) is 39.6 Å². The van der Waals surface area contributed by atoms with Gasteiger partial charge in [-0.15, -0.1) is 0 Å². The molecular weight excluding hydrogens is 480 g/mol. The number of benzene rings is 1. The molecule has 0 radical (unpaired) electrons. The van der Waals surface area contributed by atoms with Crippen LogP contribution in [0.25, 0.3) is 0 Å². The number of hydrogen-bond donors (Lipinski definition) is 0. The first-order chi connectivity index (χ1) is 15.2. The molecule has 0 bridgehead atoms. The molecule has 2 aromatic rings. The van der Waals surface area contributed by atoms with Gasteiger partial charge in [0.05, 0.1) is 21.7 Å². The van der Waals surface area contributed by atoms with E-state index in [1.165, 1.54) is 4.90 Å². The molecule has 3 rings (SSSR count). The summed E-state index contributed by atoms with van der Waals surface area (Å²) in [6.45, 7) is 2.47. The molecule has 0 spiro atoms. The Morgan fingerprint density at radius 1 is 1.00 bits per heavy atom. The number of carbonyl (C=O) groups excluding carboxylic acids is 1. The van der Waals surface area contributed by atoms with Crippen molar-refractivity contribution in [2.24, 2.45) is 0 Å². The van der Waals surface area contributed by atoms with E-state index in [-0.39, 0.29) is 55.7 Å². The second kappa shape index (κ2) is 8.63. The SMILES string of the molecule is CCc1noc(C)c1C(=O)N1CCN(S(=O)(=O)c2cc(C(F)(F)F)cc(C(F)(F)F)c2)CC1. The van der Waals surface area contributed by atoms with Gasteiger partial charge in [0.1, 0.15) is 11.3 Å². The molecule has 0 saturated carbocycles. The molecule has 1 amide bonds. The van der Waals surface area contributed by atoms with E-state index in [2.05, 4.69) is 5.16 Å². The zero-order valence-corrected chi connectivity index (χ0v) is 18.2. The van der Waals surface area contributed by atoms with Crippen molar-refractivity contribution in [1.29, 1.82) is 0 Å². The Kier molecular flexibility index (Phi) is 6.54. The van der Waals surface area contributed by atoms with Gasteiger partial charge < -0.3 is 9.42 Å². The van der Waals surface area contributed by atoms with Gasteiger partial charge >= 0.3 is 12.4 Å². The molecule has 2 heterocycles. The van der Waals surface area contributed by atoms with Crippen LogP contribution in [0.2, 0.25) is 0 Å². The summed E-state index contributed by atoms with van der Waals surface area (Å²) in [5.74, 6) is -0.156. The first-order valence-corrected chi connectivity index (χ1v) is 11.1. The van der Waals surface area contributed by atoms with E-state index in [1.54, 1.807) is 13.8 Å². The highest BCUT2D eigenvalue weighted by Gasteiger charge is 2.40. The molecule has 1 saturated heterocycles. The van der Waals surface area contributed by atoms with Crippen molar-refractivity contribution in [3.8, 4) is 0 Å². The topological polar surface area (TPSA) is 83.7 Å². The lowest BCUT2D eigenvalue weighted by molar-refractivity contribution is -0.143. The highest BCUT2D eigenvalue weighted by atomic mass is 32.2. The lowest BCUT2D eigenvalue weighted by atomic mass is 10.1. The Labute approximate surface area is 185 Å². The summed E-state index contributed by atoms with van der Waals surface area (Å²) in [4.78, 5) is 13.0. The summed E-state index contributed by atoms with van der Waals surface area (Å²) >= 11 is 0. The van der Waals surface area contributed by atoms with Crippen LogP contribution in [0.5, 0.6) is 0 Å². The second-order valence-corrected chi connectivity index (χ2v) is 9.29. The van der Waals surface area contributed by atoms with Crippen LogP contribution in [-0.4, -0.2) is 54.9 Å². The van der Waals surface area contributed by atoms with Crippen LogP contribution in [0, 0.1) is 6.92 Å². The molecule has 1 aliphatic rings. The number of amides is 1. The van der Waals surface area contributed by atoms with Crippen molar-refractivity contribution in [1.82, 2.24) is 14.4 Å². The van der Waals surface area contributed by atoms with Crippen LogP contribution in [0.3, 0.4) is 0 Å². The molecule has 0 unspecified atom stereocenters. The number of rotatable bonds is 4. The van der Waals surface area contributed by atoms with Gasteiger partial charge in [-0.1, -0.05) is 12.1 Å². The summed E-state index contributed by atoms with van der Waals surface area (Å²) in [7, 11) is -4.69. The van der Waals surface area contributed by atoms with Crippen LogP contribution in [0.4, 0.5) is 26.3 Å². The predicted octanol–water partition coefficient (Wildman–Crippen LogP) is 3.73. The Hall–Kier alpha value is -2.61. The standard InChI is InChI=1S/C19H19F6N3O4S/c1-3-15-16(11(2)32-26-15)17(29)27-4-6-28(7-5-27)33(30,31)14-9-12(18(20,21)22)8-13(10-14)19(23,24)25/h8-10H,3-7H2,1-2H3. The van der Waals surface area contributed by atoms with Crippen molar-refractivity contribution in [2.45, 2.75) is 37.5 Å². The smallest absolute Gasteiger partial charge is 0.361 e. The predicted molar refractivity (Wildman–Crippen MR) is 102 cm³/mol. The highest BCUT2D eigenvalue weighted by molar-refractivity contribution is 7.89. The van der Waals surface area contributed by atoms with E-state index < -0.39 is 44.3 Å². The fourth-order valence-electron chi connectivity index (χ4n) is 3.45. The Morgan fingerprint density at radius 2 is 1.52 bits per heavy atom. The molecule has 0 aliphatic carbocycles. The van der Waals surface area contributed by atoms with Gasteiger partial charge in [-0.05, 0) is 31.5 Å². The molecule has 0 atom stereocenters. The maximum Gasteiger partial charge on any atom is 0.416 e. The average Bonchev–Trinajstić information content (AvgIpc) is 3.12. The number of halogens is 6. The Bertz CT molecular complexity index is 1120. The van der Waals surface area contributed by atoms with E-state index in [0.29, 0.717) is 12.1 Å². The molecule has 1 aromatic heterocycles. The minimum absolute atomic E-state index is 0.114. The van der Waals surface area contributed by atoms with Gasteiger partial charge in [-0.25, -0.2) is 8.42 Å². The zero-order chi connectivity index (χ0) is 24.8. The Balaban J connectivity index is 1.86. The molecule has 1 fully saturated rings. The lowest BCUT2D eigenvalue weighted by Crippen LogP contribution is -2.50. The summed E-state index contributed by atoms with van der Waals surface area (Å²) in [6, 6.07) is 0.217. The number of aromatic nitrogens is 1. The maximum atomic E-state index is 13.1. The molecule has 0 N–H and O–H groups in total. The van der Waals surface area contributed by atoms with E-state index >= 15 is 0 Å². The van der Waals surface area contributed by atoms with Crippen molar-refractivity contribution < 1.29 is 44.1 Å². The Morgan fingerprint density at radius 3 is 1.97 bits per heavy atom. The highest BCUT2D eigenvalue weighted by Crippen LogP contribution is 2.38. The van der Waals surface area contributed by atoms with Gasteiger partial charge in [0.15, 0.2) is 0 Å². The van der Waals surface area contributed by atoms with E-state index in [0.717, 1.165) is 4.31 Å². The number of sulfonamides is 1. The van der Waals surface area contributed by atoms with Crippen LogP contribution in [0.1, 0.15) is 39.9 Å².